The Morgan fingerprint density at radius 3 is 2.47 bits per heavy atom. The molecule has 2 aliphatic heterocycles. The van der Waals surface area contributed by atoms with Crippen LogP contribution >= 0.6 is 0 Å². The van der Waals surface area contributed by atoms with E-state index >= 15 is 0 Å². The zero-order valence-electron chi connectivity index (χ0n) is 20.5. The highest BCUT2D eigenvalue weighted by Gasteiger charge is 2.39. The highest BCUT2D eigenvalue weighted by molar-refractivity contribution is 6.01. The number of anilines is 3. The topological polar surface area (TPSA) is 104 Å². The second-order valence-electron chi connectivity index (χ2n) is 9.88. The van der Waals surface area contributed by atoms with Gasteiger partial charge < -0.3 is 20.4 Å². The minimum Gasteiger partial charge on any atom is -0.370 e. The third-order valence-electron chi connectivity index (χ3n) is 7.28. The SMILES string of the molecule is CN(C)C(=O)c1cc2cnc(Nc3ccc(N4CCC5(CC4)CNC5)cn3)nn2c1-c1ccncc1. The molecule has 2 saturated heterocycles. The molecule has 1 amide bonds. The van der Waals surface area contributed by atoms with Gasteiger partial charge in [0.1, 0.15) is 5.82 Å². The first-order valence-corrected chi connectivity index (χ1v) is 12.2. The van der Waals surface area contributed by atoms with Gasteiger partial charge in [-0.3, -0.25) is 9.78 Å². The summed E-state index contributed by atoms with van der Waals surface area (Å²) in [5.74, 6) is 0.961. The number of hydrogen-bond donors (Lipinski definition) is 2. The highest BCUT2D eigenvalue weighted by atomic mass is 16.2. The zero-order chi connectivity index (χ0) is 24.7. The molecule has 184 valence electrons. The van der Waals surface area contributed by atoms with Gasteiger partial charge in [-0.05, 0) is 48.6 Å². The minimum absolute atomic E-state index is 0.101. The monoisotopic (exact) mass is 483 g/mol. The number of carbonyl (C=O) groups excluding carboxylic acids is 1. The van der Waals surface area contributed by atoms with Crippen LogP contribution in [0.2, 0.25) is 0 Å². The number of carbonyl (C=O) groups is 1. The van der Waals surface area contributed by atoms with Crippen molar-refractivity contribution < 1.29 is 4.79 Å². The molecule has 4 aromatic heterocycles. The van der Waals surface area contributed by atoms with Gasteiger partial charge in [-0.2, -0.15) is 0 Å². The Morgan fingerprint density at radius 2 is 1.83 bits per heavy atom. The fraction of sp³-hybridized carbons (Fsp3) is 0.346. The molecule has 10 heteroatoms. The predicted molar refractivity (Wildman–Crippen MR) is 139 cm³/mol. The van der Waals surface area contributed by atoms with Gasteiger partial charge in [0.25, 0.3) is 5.91 Å². The second kappa shape index (κ2) is 8.87. The van der Waals surface area contributed by atoms with Crippen molar-refractivity contribution in [2.45, 2.75) is 12.8 Å². The van der Waals surface area contributed by atoms with Gasteiger partial charge in [0, 0.05) is 58.2 Å². The van der Waals surface area contributed by atoms with E-state index in [4.69, 9.17) is 5.10 Å². The Kier molecular flexibility index (Phi) is 5.52. The van der Waals surface area contributed by atoms with Crippen LogP contribution in [0.25, 0.3) is 16.8 Å². The number of nitrogens with zero attached hydrogens (tertiary/aromatic N) is 7. The first-order valence-electron chi connectivity index (χ1n) is 12.2. The number of aromatic nitrogens is 5. The molecule has 6 heterocycles. The van der Waals surface area contributed by atoms with Crippen molar-refractivity contribution in [2.75, 3.05) is 50.5 Å². The van der Waals surface area contributed by atoms with Gasteiger partial charge in [-0.15, -0.1) is 5.10 Å². The molecule has 0 radical (unpaired) electrons. The molecule has 0 atom stereocenters. The van der Waals surface area contributed by atoms with Crippen molar-refractivity contribution in [1.29, 1.82) is 0 Å². The smallest absolute Gasteiger partial charge is 0.255 e. The molecule has 0 unspecified atom stereocenters. The van der Waals surface area contributed by atoms with Gasteiger partial charge in [0.2, 0.25) is 5.95 Å². The molecule has 2 fully saturated rings. The van der Waals surface area contributed by atoms with Crippen LogP contribution in [0.1, 0.15) is 23.2 Å². The van der Waals surface area contributed by atoms with Crippen LogP contribution in [0.3, 0.4) is 0 Å². The summed E-state index contributed by atoms with van der Waals surface area (Å²) >= 11 is 0. The maximum absolute atomic E-state index is 12.9. The summed E-state index contributed by atoms with van der Waals surface area (Å²) in [6, 6.07) is 9.61. The van der Waals surface area contributed by atoms with E-state index in [1.807, 2.05) is 30.5 Å². The predicted octanol–water partition coefficient (Wildman–Crippen LogP) is 2.82. The Morgan fingerprint density at radius 1 is 1.06 bits per heavy atom. The number of hydrogen-bond acceptors (Lipinski definition) is 8. The summed E-state index contributed by atoms with van der Waals surface area (Å²) in [4.78, 5) is 30.1. The number of piperidine rings is 1. The normalized spacial score (nSPS) is 16.7. The van der Waals surface area contributed by atoms with Gasteiger partial charge >= 0.3 is 0 Å². The standard InChI is InChI=1S/C26H29N9O/c1-33(2)24(36)21-13-20-15-30-25(32-35(20)23(21)18-5-9-27-10-6-18)31-22-4-3-19(14-29-22)34-11-7-26(8-12-34)16-28-17-26/h3-6,9-10,13-15,28H,7-8,11-12,16-17H2,1-2H3,(H,29,31,32). The van der Waals surface area contributed by atoms with E-state index in [1.165, 1.54) is 12.8 Å². The fourth-order valence-corrected chi connectivity index (χ4v) is 5.05. The van der Waals surface area contributed by atoms with Crippen LogP contribution < -0.4 is 15.5 Å². The van der Waals surface area contributed by atoms with Crippen molar-refractivity contribution in [1.82, 2.24) is 34.8 Å². The maximum Gasteiger partial charge on any atom is 0.255 e. The summed E-state index contributed by atoms with van der Waals surface area (Å²) in [6.45, 7) is 4.44. The van der Waals surface area contributed by atoms with E-state index in [0.29, 0.717) is 28.4 Å². The maximum atomic E-state index is 12.9. The van der Waals surface area contributed by atoms with E-state index in [-0.39, 0.29) is 5.91 Å². The van der Waals surface area contributed by atoms with Crippen LogP contribution in [0, 0.1) is 5.41 Å². The van der Waals surface area contributed by atoms with Gasteiger partial charge in [-0.1, -0.05) is 0 Å². The van der Waals surface area contributed by atoms with Crippen LogP contribution in [0.4, 0.5) is 17.5 Å². The summed E-state index contributed by atoms with van der Waals surface area (Å²) in [5.41, 5.74) is 4.49. The van der Waals surface area contributed by atoms with Crippen molar-refractivity contribution in [3.05, 3.63) is 60.7 Å². The summed E-state index contributed by atoms with van der Waals surface area (Å²) in [6.07, 6.45) is 9.47. The highest BCUT2D eigenvalue weighted by Crippen LogP contribution is 2.36. The lowest BCUT2D eigenvalue weighted by Gasteiger charge is -2.48. The average Bonchev–Trinajstić information content (AvgIpc) is 3.27. The van der Waals surface area contributed by atoms with Crippen molar-refractivity contribution in [2.24, 2.45) is 5.41 Å². The Labute approximate surface area is 209 Å². The van der Waals surface area contributed by atoms with E-state index < -0.39 is 0 Å². The molecule has 6 rings (SSSR count). The number of fused-ring (bicyclic) bond motifs is 1. The summed E-state index contributed by atoms with van der Waals surface area (Å²) in [5, 5.41) is 11.3. The average molecular weight is 484 g/mol. The number of rotatable bonds is 5. The molecule has 0 bridgehead atoms. The molecule has 0 aliphatic carbocycles. The third kappa shape index (κ3) is 4.03. The van der Waals surface area contributed by atoms with Crippen LogP contribution in [0.5, 0.6) is 0 Å². The van der Waals surface area contributed by atoms with Crippen molar-refractivity contribution >= 4 is 28.9 Å². The largest absolute Gasteiger partial charge is 0.370 e. The lowest BCUT2D eigenvalue weighted by Crippen LogP contribution is -2.58. The van der Waals surface area contributed by atoms with Crippen LogP contribution in [-0.2, 0) is 0 Å². The zero-order valence-corrected chi connectivity index (χ0v) is 20.5. The van der Waals surface area contributed by atoms with Crippen molar-refractivity contribution in [3.63, 3.8) is 0 Å². The van der Waals surface area contributed by atoms with E-state index in [9.17, 15) is 4.79 Å². The molecule has 36 heavy (non-hydrogen) atoms. The van der Waals surface area contributed by atoms with Gasteiger partial charge in [0.15, 0.2) is 0 Å². The molecule has 2 aliphatic rings. The Hall–Kier alpha value is -4.05. The first kappa shape index (κ1) is 22.4. The van der Waals surface area contributed by atoms with E-state index in [2.05, 4.69) is 36.6 Å². The van der Waals surface area contributed by atoms with Crippen LogP contribution in [0.15, 0.2) is 55.1 Å². The minimum atomic E-state index is -0.101. The molecule has 0 aromatic carbocycles. The molecule has 10 nitrogen and oxygen atoms in total. The van der Waals surface area contributed by atoms with E-state index in [1.54, 1.807) is 42.1 Å². The second-order valence-corrected chi connectivity index (χ2v) is 9.88. The third-order valence-corrected chi connectivity index (χ3v) is 7.28. The lowest BCUT2D eigenvalue weighted by atomic mass is 9.73. The Balaban J connectivity index is 1.26. The molecule has 1 spiro atoms. The molecular weight excluding hydrogens is 454 g/mol. The van der Waals surface area contributed by atoms with Gasteiger partial charge in [-0.25, -0.2) is 14.5 Å². The van der Waals surface area contributed by atoms with E-state index in [0.717, 1.165) is 42.9 Å². The molecule has 2 N–H and O–H groups in total. The van der Waals surface area contributed by atoms with Crippen molar-refractivity contribution in [3.8, 4) is 11.3 Å². The summed E-state index contributed by atoms with van der Waals surface area (Å²) in [7, 11) is 3.48. The fourth-order valence-electron chi connectivity index (χ4n) is 5.05. The number of nitrogens with one attached hydrogen (secondary N) is 2. The summed E-state index contributed by atoms with van der Waals surface area (Å²) < 4.78 is 1.74. The van der Waals surface area contributed by atoms with Gasteiger partial charge in [0.05, 0.1) is 34.9 Å². The molecular formula is C26H29N9O. The number of pyridine rings is 2. The van der Waals surface area contributed by atoms with Crippen LogP contribution in [-0.4, -0.2) is 75.6 Å². The first-order chi connectivity index (χ1) is 17.5. The molecule has 0 saturated carbocycles. The Bertz CT molecular complexity index is 1380. The quantitative estimate of drug-likeness (QED) is 0.447. The molecule has 4 aromatic rings. The number of amides is 1. The lowest BCUT2D eigenvalue weighted by molar-refractivity contribution is 0.0828.